The fourth-order valence-electron chi connectivity index (χ4n) is 2.08. The molecule has 0 unspecified atom stereocenters. The summed E-state index contributed by atoms with van der Waals surface area (Å²) < 4.78 is 4.36. The third-order valence-corrected chi connectivity index (χ3v) is 3.95. The van der Waals surface area contributed by atoms with E-state index in [0.29, 0.717) is 5.84 Å². The van der Waals surface area contributed by atoms with E-state index in [1.54, 1.807) is 0 Å². The Morgan fingerprint density at radius 3 is 2.82 bits per heavy atom. The van der Waals surface area contributed by atoms with Crippen molar-refractivity contribution < 1.29 is 0 Å². The number of nitrogens with one attached hydrogen (secondary N) is 1. The predicted molar refractivity (Wildman–Crippen MR) is 70.8 cm³/mol. The van der Waals surface area contributed by atoms with Gasteiger partial charge in [-0.05, 0) is 19.3 Å². The van der Waals surface area contributed by atoms with Gasteiger partial charge in [-0.25, -0.2) is 4.98 Å². The lowest BCUT2D eigenvalue weighted by Crippen LogP contribution is -2.38. The lowest BCUT2D eigenvalue weighted by Gasteiger charge is -2.30. The van der Waals surface area contributed by atoms with Gasteiger partial charge in [0.05, 0.1) is 5.84 Å². The van der Waals surface area contributed by atoms with Crippen LogP contribution in [0.25, 0.3) is 0 Å². The van der Waals surface area contributed by atoms with Crippen LogP contribution in [0.4, 0.5) is 5.13 Å². The van der Waals surface area contributed by atoms with E-state index in [1.807, 2.05) is 0 Å². The standard InChI is InChI=1S/C11H19N5S/c1-2-3-9-14-11(17-15-9)16-6-4-8(5-7-16)10(12)13/h8H,2-7H2,1H3,(H3,12,13). The molecular formula is C11H19N5S. The van der Waals surface area contributed by atoms with Crippen molar-refractivity contribution >= 4 is 22.5 Å². The number of anilines is 1. The predicted octanol–water partition coefficient (Wildman–Crippen LogP) is 1.64. The summed E-state index contributed by atoms with van der Waals surface area (Å²) in [5.41, 5.74) is 5.53. The van der Waals surface area contributed by atoms with Crippen LogP contribution in [-0.2, 0) is 6.42 Å². The first-order valence-corrected chi connectivity index (χ1v) is 6.89. The SMILES string of the molecule is CCCc1nsc(N2CCC(C(=N)N)CC2)n1. The van der Waals surface area contributed by atoms with Crippen molar-refractivity contribution in [2.45, 2.75) is 32.6 Å². The fraction of sp³-hybridized carbons (Fsp3) is 0.727. The van der Waals surface area contributed by atoms with Gasteiger partial charge in [0.1, 0.15) is 5.82 Å². The highest BCUT2D eigenvalue weighted by molar-refractivity contribution is 7.09. The zero-order chi connectivity index (χ0) is 12.3. The Hall–Kier alpha value is -1.17. The van der Waals surface area contributed by atoms with Gasteiger partial charge in [0, 0.05) is 37.0 Å². The van der Waals surface area contributed by atoms with Crippen LogP contribution in [0.1, 0.15) is 32.0 Å². The van der Waals surface area contributed by atoms with Gasteiger partial charge in [-0.2, -0.15) is 4.37 Å². The zero-order valence-electron chi connectivity index (χ0n) is 10.1. The lowest BCUT2D eigenvalue weighted by molar-refractivity contribution is 0.497. The molecule has 1 aliphatic rings. The maximum Gasteiger partial charge on any atom is 0.205 e. The van der Waals surface area contributed by atoms with E-state index in [1.165, 1.54) is 11.5 Å². The van der Waals surface area contributed by atoms with Crippen LogP contribution in [0.3, 0.4) is 0 Å². The molecule has 0 radical (unpaired) electrons. The van der Waals surface area contributed by atoms with Crippen LogP contribution in [-0.4, -0.2) is 28.3 Å². The van der Waals surface area contributed by atoms with Crippen molar-refractivity contribution in [2.75, 3.05) is 18.0 Å². The Morgan fingerprint density at radius 2 is 2.24 bits per heavy atom. The third kappa shape index (κ3) is 2.94. The molecule has 1 fully saturated rings. The van der Waals surface area contributed by atoms with E-state index in [2.05, 4.69) is 21.2 Å². The Kier molecular flexibility index (Phi) is 3.93. The summed E-state index contributed by atoms with van der Waals surface area (Å²) in [5, 5.41) is 8.48. The molecule has 94 valence electrons. The van der Waals surface area contributed by atoms with E-state index in [4.69, 9.17) is 11.1 Å². The van der Waals surface area contributed by atoms with Crippen molar-refractivity contribution in [3.8, 4) is 0 Å². The minimum absolute atomic E-state index is 0.259. The molecular weight excluding hydrogens is 234 g/mol. The molecule has 0 aliphatic carbocycles. The van der Waals surface area contributed by atoms with Gasteiger partial charge in [-0.1, -0.05) is 6.92 Å². The number of hydrogen-bond donors (Lipinski definition) is 2. The average Bonchev–Trinajstić information content (AvgIpc) is 2.78. The van der Waals surface area contributed by atoms with Crippen molar-refractivity contribution in [2.24, 2.45) is 11.7 Å². The first-order valence-electron chi connectivity index (χ1n) is 6.12. The van der Waals surface area contributed by atoms with E-state index >= 15 is 0 Å². The van der Waals surface area contributed by atoms with Crippen molar-refractivity contribution in [3.05, 3.63) is 5.82 Å². The number of amidine groups is 1. The smallest absolute Gasteiger partial charge is 0.205 e. The number of hydrogen-bond acceptors (Lipinski definition) is 5. The van der Waals surface area contributed by atoms with Crippen LogP contribution in [0.15, 0.2) is 0 Å². The molecule has 1 aliphatic heterocycles. The van der Waals surface area contributed by atoms with Gasteiger partial charge in [0.2, 0.25) is 5.13 Å². The number of piperidine rings is 1. The molecule has 0 amide bonds. The number of nitrogens with two attached hydrogens (primary N) is 1. The summed E-state index contributed by atoms with van der Waals surface area (Å²) >= 11 is 1.49. The number of rotatable bonds is 4. The van der Waals surface area contributed by atoms with Gasteiger partial charge in [0.15, 0.2) is 0 Å². The molecule has 1 aromatic heterocycles. The molecule has 6 heteroatoms. The van der Waals surface area contributed by atoms with E-state index < -0.39 is 0 Å². The number of nitrogens with zero attached hydrogens (tertiary/aromatic N) is 3. The highest BCUT2D eigenvalue weighted by Gasteiger charge is 2.23. The minimum Gasteiger partial charge on any atom is -0.387 e. The molecule has 0 bridgehead atoms. The Bertz CT molecular complexity index is 381. The third-order valence-electron chi connectivity index (χ3n) is 3.14. The summed E-state index contributed by atoms with van der Waals surface area (Å²) in [5.74, 6) is 1.55. The molecule has 0 spiro atoms. The molecule has 2 heterocycles. The minimum atomic E-state index is 0.259. The second kappa shape index (κ2) is 5.44. The van der Waals surface area contributed by atoms with Crippen LogP contribution in [0.5, 0.6) is 0 Å². The highest BCUT2D eigenvalue weighted by Crippen LogP contribution is 2.24. The lowest BCUT2D eigenvalue weighted by atomic mass is 9.96. The van der Waals surface area contributed by atoms with Gasteiger partial charge in [-0.3, -0.25) is 5.41 Å². The summed E-state index contributed by atoms with van der Waals surface area (Å²) in [6, 6.07) is 0. The zero-order valence-corrected chi connectivity index (χ0v) is 11.0. The van der Waals surface area contributed by atoms with Crippen LogP contribution in [0, 0.1) is 11.3 Å². The van der Waals surface area contributed by atoms with Crippen LogP contribution >= 0.6 is 11.5 Å². The molecule has 0 saturated carbocycles. The molecule has 0 aromatic carbocycles. The van der Waals surface area contributed by atoms with Gasteiger partial charge < -0.3 is 10.6 Å². The second-order valence-corrected chi connectivity index (χ2v) is 5.19. The quantitative estimate of drug-likeness (QED) is 0.631. The monoisotopic (exact) mass is 253 g/mol. The van der Waals surface area contributed by atoms with Gasteiger partial charge in [-0.15, -0.1) is 0 Å². The highest BCUT2D eigenvalue weighted by atomic mass is 32.1. The van der Waals surface area contributed by atoms with Crippen molar-refractivity contribution in [1.29, 1.82) is 5.41 Å². The first kappa shape index (κ1) is 12.3. The number of aromatic nitrogens is 2. The average molecular weight is 253 g/mol. The summed E-state index contributed by atoms with van der Waals surface area (Å²) in [7, 11) is 0. The molecule has 17 heavy (non-hydrogen) atoms. The summed E-state index contributed by atoms with van der Waals surface area (Å²) in [6.45, 7) is 4.01. The molecule has 1 aromatic rings. The summed E-state index contributed by atoms with van der Waals surface area (Å²) in [4.78, 5) is 6.80. The largest absolute Gasteiger partial charge is 0.387 e. The van der Waals surface area contributed by atoms with E-state index in [0.717, 1.165) is 49.7 Å². The molecule has 3 N–H and O–H groups in total. The normalized spacial score (nSPS) is 17.4. The molecule has 1 saturated heterocycles. The van der Waals surface area contributed by atoms with Gasteiger partial charge in [0.25, 0.3) is 0 Å². The maximum atomic E-state index is 7.45. The van der Waals surface area contributed by atoms with E-state index in [9.17, 15) is 0 Å². The Balaban J connectivity index is 1.93. The topological polar surface area (TPSA) is 78.9 Å². The summed E-state index contributed by atoms with van der Waals surface area (Å²) in [6.07, 6.45) is 3.96. The van der Waals surface area contributed by atoms with Crippen LogP contribution in [0.2, 0.25) is 0 Å². The molecule has 5 nitrogen and oxygen atoms in total. The molecule has 0 atom stereocenters. The van der Waals surface area contributed by atoms with Crippen molar-refractivity contribution in [3.63, 3.8) is 0 Å². The van der Waals surface area contributed by atoms with E-state index in [-0.39, 0.29) is 5.92 Å². The fourth-order valence-corrected chi connectivity index (χ4v) is 2.84. The number of aryl methyl sites for hydroxylation is 1. The van der Waals surface area contributed by atoms with Crippen LogP contribution < -0.4 is 10.6 Å². The second-order valence-electron chi connectivity index (χ2n) is 4.46. The maximum absolute atomic E-state index is 7.45. The Labute approximate surface area is 106 Å². The first-order chi connectivity index (χ1) is 8.20. The van der Waals surface area contributed by atoms with Gasteiger partial charge >= 0.3 is 0 Å². The van der Waals surface area contributed by atoms with Crippen molar-refractivity contribution in [1.82, 2.24) is 9.36 Å². The molecule has 2 rings (SSSR count). The Morgan fingerprint density at radius 1 is 1.53 bits per heavy atom.